The summed E-state index contributed by atoms with van der Waals surface area (Å²) in [6.45, 7) is 3.72. The first-order valence-electron chi connectivity index (χ1n) is 14.1. The Morgan fingerprint density at radius 2 is 1.84 bits per heavy atom. The van der Waals surface area contributed by atoms with E-state index in [1.54, 1.807) is 36.4 Å². The molecule has 0 saturated carbocycles. The largest absolute Gasteiger partial charge is 0.423 e. The predicted octanol–water partition coefficient (Wildman–Crippen LogP) is 6.25. The zero-order valence-electron chi connectivity index (χ0n) is 23.7. The van der Waals surface area contributed by atoms with Crippen molar-refractivity contribution in [3.8, 4) is 5.75 Å². The van der Waals surface area contributed by atoms with Crippen molar-refractivity contribution in [1.29, 1.82) is 0 Å². The van der Waals surface area contributed by atoms with Crippen LogP contribution in [0.1, 0.15) is 35.2 Å². The number of benzene rings is 2. The number of ketones is 1. The fourth-order valence-electron chi connectivity index (χ4n) is 4.72. The average Bonchev–Trinajstić information content (AvgIpc) is 3.03. The number of anilines is 2. The number of ether oxygens (including phenoxy) is 2. The minimum Gasteiger partial charge on any atom is -0.423 e. The molecule has 2 aromatic carbocycles. The summed E-state index contributed by atoms with van der Waals surface area (Å²) in [6, 6.07) is 12.8. The molecule has 1 N–H and O–H groups in total. The zero-order valence-corrected chi connectivity index (χ0v) is 24.5. The first kappa shape index (κ1) is 31.1. The van der Waals surface area contributed by atoms with Crippen LogP contribution in [0, 0.1) is 0 Å². The summed E-state index contributed by atoms with van der Waals surface area (Å²) < 4.78 is 39.3. The van der Waals surface area contributed by atoms with Crippen LogP contribution >= 0.6 is 11.6 Å². The summed E-state index contributed by atoms with van der Waals surface area (Å²) in [4.78, 5) is 39.8. The summed E-state index contributed by atoms with van der Waals surface area (Å²) in [7, 11) is 0. The first-order valence-corrected chi connectivity index (χ1v) is 14.5. The normalized spacial score (nSPS) is 14.2. The van der Waals surface area contributed by atoms with Gasteiger partial charge in [-0.15, -0.1) is 0 Å². The van der Waals surface area contributed by atoms with Crippen molar-refractivity contribution in [2.24, 2.45) is 0 Å². The number of esters is 1. The van der Waals surface area contributed by atoms with Gasteiger partial charge in [0, 0.05) is 60.2 Å². The van der Waals surface area contributed by atoms with Crippen LogP contribution in [0.25, 0.3) is 10.9 Å². The number of nitrogens with one attached hydrogen (secondary N) is 1. The minimum absolute atomic E-state index is 0.134. The third kappa shape index (κ3) is 8.40. The Labute approximate surface area is 257 Å². The molecule has 9 nitrogen and oxygen atoms in total. The van der Waals surface area contributed by atoms with Crippen LogP contribution in [-0.2, 0) is 9.53 Å². The zero-order chi connectivity index (χ0) is 30.9. The van der Waals surface area contributed by atoms with Gasteiger partial charge in [0.25, 0.3) is 5.92 Å². The lowest BCUT2D eigenvalue weighted by molar-refractivity contribution is -0.129. The second kappa shape index (κ2) is 14.4. The van der Waals surface area contributed by atoms with E-state index in [0.29, 0.717) is 65.7 Å². The average molecular weight is 622 g/mol. The van der Waals surface area contributed by atoms with Crippen molar-refractivity contribution in [3.63, 3.8) is 0 Å². The van der Waals surface area contributed by atoms with Gasteiger partial charge in [-0.1, -0.05) is 11.6 Å². The second-order valence-electron chi connectivity index (χ2n) is 10.2. The van der Waals surface area contributed by atoms with E-state index in [9.17, 15) is 18.4 Å². The number of rotatable bonds is 12. The summed E-state index contributed by atoms with van der Waals surface area (Å²) in [5.74, 6) is -3.77. The molecule has 0 unspecified atom stereocenters. The monoisotopic (exact) mass is 621 g/mol. The fourth-order valence-corrected chi connectivity index (χ4v) is 4.98. The number of carbonyl (C=O) groups excluding carboxylic acids is 2. The van der Waals surface area contributed by atoms with Crippen molar-refractivity contribution < 1.29 is 27.8 Å². The number of hydrogen-bond donors (Lipinski definition) is 1. The Morgan fingerprint density at radius 3 is 2.61 bits per heavy atom. The quantitative estimate of drug-likeness (QED) is 0.0645. The van der Waals surface area contributed by atoms with E-state index in [4.69, 9.17) is 21.1 Å². The number of pyridine rings is 1. The van der Waals surface area contributed by atoms with Crippen molar-refractivity contribution in [3.05, 3.63) is 95.6 Å². The van der Waals surface area contributed by atoms with Gasteiger partial charge in [0.2, 0.25) is 0 Å². The molecule has 0 bridgehead atoms. The SMILES string of the molecule is O=C(C=CC(F)(F)CCCCN1CCOCC1)Oc1ccc2ncnc(Nc3ccc(C(=O)c4ccncc4)c(Cl)c3)c2c1. The molecule has 0 spiro atoms. The molecular weight excluding hydrogens is 592 g/mol. The molecule has 5 rings (SSSR count). The van der Waals surface area contributed by atoms with Gasteiger partial charge >= 0.3 is 5.97 Å². The summed E-state index contributed by atoms with van der Waals surface area (Å²) in [6.07, 6.45) is 6.39. The molecule has 228 valence electrons. The third-order valence-corrected chi connectivity index (χ3v) is 7.36. The van der Waals surface area contributed by atoms with E-state index in [1.807, 2.05) is 0 Å². The van der Waals surface area contributed by atoms with E-state index in [0.717, 1.165) is 25.7 Å². The first-order chi connectivity index (χ1) is 21.3. The van der Waals surface area contributed by atoms with Crippen LogP contribution in [0.15, 0.2) is 79.4 Å². The van der Waals surface area contributed by atoms with Gasteiger partial charge in [0.15, 0.2) is 5.78 Å². The van der Waals surface area contributed by atoms with Crippen LogP contribution in [0.3, 0.4) is 0 Å². The molecule has 3 heterocycles. The molecule has 1 fully saturated rings. The number of alkyl halides is 2. The van der Waals surface area contributed by atoms with Crippen LogP contribution in [0.2, 0.25) is 5.02 Å². The van der Waals surface area contributed by atoms with E-state index < -0.39 is 11.9 Å². The van der Waals surface area contributed by atoms with Crippen LogP contribution in [0.5, 0.6) is 5.75 Å². The molecule has 4 aromatic rings. The lowest BCUT2D eigenvalue weighted by Gasteiger charge is -2.26. The van der Waals surface area contributed by atoms with Gasteiger partial charge in [-0.3, -0.25) is 14.7 Å². The second-order valence-corrected chi connectivity index (χ2v) is 10.6. The van der Waals surface area contributed by atoms with Crippen molar-refractivity contribution >= 4 is 45.8 Å². The maximum absolute atomic E-state index is 14.4. The number of allylic oxidation sites excluding steroid dienone is 1. The molecule has 1 aliphatic rings. The number of morpholine rings is 1. The van der Waals surface area contributed by atoms with Gasteiger partial charge in [-0.05, 0) is 74.0 Å². The Hall–Kier alpha value is -4.32. The topological polar surface area (TPSA) is 107 Å². The summed E-state index contributed by atoms with van der Waals surface area (Å²) in [5.41, 5.74) is 1.90. The molecule has 2 aromatic heterocycles. The molecular formula is C32H30ClF2N5O4. The van der Waals surface area contributed by atoms with E-state index >= 15 is 0 Å². The summed E-state index contributed by atoms with van der Waals surface area (Å²) >= 11 is 6.44. The van der Waals surface area contributed by atoms with Crippen molar-refractivity contribution in [2.45, 2.75) is 25.2 Å². The Bertz CT molecular complexity index is 1650. The molecule has 1 saturated heterocycles. The fraction of sp³-hybridized carbons (Fsp3) is 0.281. The lowest BCUT2D eigenvalue weighted by atomic mass is 10.0. The molecule has 0 radical (unpaired) electrons. The Kier molecular flexibility index (Phi) is 10.2. The Morgan fingerprint density at radius 1 is 1.05 bits per heavy atom. The van der Waals surface area contributed by atoms with Gasteiger partial charge in [-0.2, -0.15) is 0 Å². The van der Waals surface area contributed by atoms with Gasteiger partial charge in [0.1, 0.15) is 17.9 Å². The van der Waals surface area contributed by atoms with E-state index in [-0.39, 0.29) is 23.0 Å². The Balaban J connectivity index is 1.20. The molecule has 0 aliphatic carbocycles. The number of hydrogen-bond acceptors (Lipinski definition) is 9. The number of nitrogens with zero attached hydrogens (tertiary/aromatic N) is 4. The van der Waals surface area contributed by atoms with Gasteiger partial charge in [-0.25, -0.2) is 23.5 Å². The van der Waals surface area contributed by atoms with Crippen LogP contribution < -0.4 is 10.1 Å². The van der Waals surface area contributed by atoms with Gasteiger partial charge < -0.3 is 14.8 Å². The maximum atomic E-state index is 14.4. The molecule has 12 heteroatoms. The smallest absolute Gasteiger partial charge is 0.336 e. The number of carbonyl (C=O) groups is 2. The molecule has 44 heavy (non-hydrogen) atoms. The molecule has 0 atom stereocenters. The molecule has 1 aliphatic heterocycles. The van der Waals surface area contributed by atoms with Crippen LogP contribution in [-0.4, -0.2) is 70.4 Å². The maximum Gasteiger partial charge on any atom is 0.336 e. The molecule has 0 amide bonds. The number of unbranched alkanes of at least 4 members (excludes halogenated alkanes) is 1. The van der Waals surface area contributed by atoms with Crippen molar-refractivity contribution in [1.82, 2.24) is 19.9 Å². The van der Waals surface area contributed by atoms with Crippen LogP contribution in [0.4, 0.5) is 20.3 Å². The standard InChI is InChI=1S/C32H30ClF2N5O4/c33-27-19-23(3-5-25(27)30(42)22-8-12-36-13-9-22)39-31-26-20-24(4-6-28(26)37-21-38-31)44-29(41)7-11-32(34,35)10-1-2-14-40-15-17-43-18-16-40/h3-9,11-13,19-21H,1-2,10,14-18H2,(H,37,38,39). The highest BCUT2D eigenvalue weighted by Gasteiger charge is 2.25. The number of fused-ring (bicyclic) bond motifs is 1. The van der Waals surface area contributed by atoms with E-state index in [2.05, 4.69) is 25.2 Å². The predicted molar refractivity (Wildman–Crippen MR) is 163 cm³/mol. The number of aromatic nitrogens is 3. The van der Waals surface area contributed by atoms with Crippen molar-refractivity contribution in [2.75, 3.05) is 38.2 Å². The highest BCUT2D eigenvalue weighted by atomic mass is 35.5. The minimum atomic E-state index is -3.13. The summed E-state index contributed by atoms with van der Waals surface area (Å²) in [5, 5.41) is 3.90. The third-order valence-electron chi connectivity index (χ3n) is 7.05. The highest BCUT2D eigenvalue weighted by Crippen LogP contribution is 2.30. The van der Waals surface area contributed by atoms with Gasteiger partial charge in [0.05, 0.1) is 23.8 Å². The van der Waals surface area contributed by atoms with E-state index in [1.165, 1.54) is 30.9 Å². The highest BCUT2D eigenvalue weighted by molar-refractivity contribution is 6.35. The number of halogens is 3. The lowest BCUT2D eigenvalue weighted by Crippen LogP contribution is -2.36.